The molecule has 1 amide bonds. The van der Waals surface area contributed by atoms with E-state index >= 15 is 0 Å². The first kappa shape index (κ1) is 15.1. The minimum Gasteiger partial charge on any atom is -0.467 e. The number of ether oxygens (including phenoxy) is 2. The van der Waals surface area contributed by atoms with Gasteiger partial charge in [0.05, 0.1) is 7.11 Å². The molecular weight excluding hydrogens is 265 g/mol. The number of rotatable bonds is 3. The lowest BCUT2D eigenvalue weighted by Crippen LogP contribution is -2.73. The molecule has 0 N–H and O–H groups in total. The number of hydrogen-bond donors (Lipinski definition) is 0. The first-order chi connectivity index (χ1) is 9.02. The van der Waals surface area contributed by atoms with Gasteiger partial charge in [-0.05, 0) is 40.0 Å². The highest BCUT2D eigenvalue weighted by Gasteiger charge is 2.74. The standard InChI is InChI=1S/C14H22FNO4/c1-12(2,3)20-11(18)16(4)9(10(17)19-5)13-6-14(15,7-13)8-13/h9H,6-8H2,1-5H3. The molecule has 3 saturated carbocycles. The number of carbonyl (C=O) groups excluding carboxylic acids is 2. The summed E-state index contributed by atoms with van der Waals surface area (Å²) in [5, 5.41) is 0. The van der Waals surface area contributed by atoms with E-state index in [1.54, 1.807) is 20.8 Å². The van der Waals surface area contributed by atoms with Crippen LogP contribution in [0.3, 0.4) is 0 Å². The number of halogens is 1. The first-order valence-corrected chi connectivity index (χ1v) is 6.75. The molecule has 3 rings (SSSR count). The van der Waals surface area contributed by atoms with E-state index in [4.69, 9.17) is 9.47 Å². The molecule has 5 nitrogen and oxygen atoms in total. The van der Waals surface area contributed by atoms with E-state index in [0.29, 0.717) is 19.3 Å². The Labute approximate surface area is 118 Å². The highest BCUT2D eigenvalue weighted by Crippen LogP contribution is 2.71. The van der Waals surface area contributed by atoms with Crippen LogP contribution < -0.4 is 0 Å². The number of hydrogen-bond acceptors (Lipinski definition) is 4. The lowest BCUT2D eigenvalue weighted by molar-refractivity contribution is -0.243. The Hall–Kier alpha value is -1.33. The second kappa shape index (κ2) is 4.33. The van der Waals surface area contributed by atoms with Gasteiger partial charge in [0.25, 0.3) is 0 Å². The van der Waals surface area contributed by atoms with E-state index in [1.165, 1.54) is 19.1 Å². The van der Waals surface area contributed by atoms with Crippen LogP contribution in [0.2, 0.25) is 0 Å². The number of likely N-dealkylation sites (N-methyl/N-ethyl adjacent to an activating group) is 1. The van der Waals surface area contributed by atoms with Gasteiger partial charge in [-0.3, -0.25) is 4.90 Å². The predicted octanol–water partition coefficient (Wildman–Crippen LogP) is 2.29. The van der Waals surface area contributed by atoms with Gasteiger partial charge < -0.3 is 9.47 Å². The van der Waals surface area contributed by atoms with Crippen LogP contribution >= 0.6 is 0 Å². The van der Waals surface area contributed by atoms with Crippen LogP contribution in [0, 0.1) is 5.41 Å². The Morgan fingerprint density at radius 3 is 2.10 bits per heavy atom. The maximum atomic E-state index is 13.7. The number of carbonyl (C=O) groups is 2. The van der Waals surface area contributed by atoms with Crippen molar-refractivity contribution in [3.05, 3.63) is 0 Å². The molecule has 6 heteroatoms. The van der Waals surface area contributed by atoms with Gasteiger partial charge in [-0.2, -0.15) is 0 Å². The fourth-order valence-electron chi connectivity index (χ4n) is 3.40. The van der Waals surface area contributed by atoms with E-state index in [1.807, 2.05) is 0 Å². The third kappa shape index (κ3) is 2.36. The lowest BCUT2D eigenvalue weighted by atomic mass is 9.39. The molecule has 0 heterocycles. The van der Waals surface area contributed by atoms with Crippen LogP contribution in [0.25, 0.3) is 0 Å². The summed E-state index contributed by atoms with van der Waals surface area (Å²) in [7, 11) is 2.77. The summed E-state index contributed by atoms with van der Waals surface area (Å²) in [6.45, 7) is 5.26. The molecule has 0 aromatic heterocycles. The third-order valence-corrected chi connectivity index (χ3v) is 4.08. The highest BCUT2D eigenvalue weighted by atomic mass is 19.1. The molecule has 20 heavy (non-hydrogen) atoms. The maximum absolute atomic E-state index is 13.7. The van der Waals surface area contributed by atoms with Crippen molar-refractivity contribution >= 4 is 12.1 Å². The fraction of sp³-hybridized carbons (Fsp3) is 0.857. The Balaban J connectivity index is 2.12. The van der Waals surface area contributed by atoms with Crippen molar-refractivity contribution in [1.82, 2.24) is 4.90 Å². The van der Waals surface area contributed by atoms with Gasteiger partial charge in [0.2, 0.25) is 0 Å². The average molecular weight is 287 g/mol. The largest absolute Gasteiger partial charge is 0.467 e. The zero-order chi connectivity index (χ0) is 15.3. The van der Waals surface area contributed by atoms with Crippen molar-refractivity contribution < 1.29 is 23.5 Å². The third-order valence-electron chi connectivity index (χ3n) is 4.08. The van der Waals surface area contributed by atoms with E-state index < -0.39 is 34.8 Å². The Morgan fingerprint density at radius 2 is 1.75 bits per heavy atom. The van der Waals surface area contributed by atoms with Gasteiger partial charge in [0, 0.05) is 12.5 Å². The molecule has 0 saturated heterocycles. The molecule has 1 unspecified atom stereocenters. The van der Waals surface area contributed by atoms with Crippen molar-refractivity contribution in [3.8, 4) is 0 Å². The minimum atomic E-state index is -1.14. The van der Waals surface area contributed by atoms with Crippen LogP contribution in [0.1, 0.15) is 40.0 Å². The van der Waals surface area contributed by atoms with Crippen molar-refractivity contribution in [2.75, 3.05) is 14.2 Å². The monoisotopic (exact) mass is 287 g/mol. The molecule has 0 aromatic carbocycles. The molecule has 3 fully saturated rings. The lowest BCUT2D eigenvalue weighted by Gasteiger charge is -2.68. The fourth-order valence-corrected chi connectivity index (χ4v) is 3.40. The zero-order valence-corrected chi connectivity index (χ0v) is 12.7. The van der Waals surface area contributed by atoms with Gasteiger partial charge >= 0.3 is 12.1 Å². The molecule has 0 spiro atoms. The SMILES string of the molecule is COC(=O)C(N(C)C(=O)OC(C)(C)C)C12CC(F)(C1)C2. The van der Waals surface area contributed by atoms with Crippen LogP contribution in [-0.2, 0) is 14.3 Å². The quantitative estimate of drug-likeness (QED) is 0.747. The molecule has 0 radical (unpaired) electrons. The molecule has 0 aromatic rings. The van der Waals surface area contributed by atoms with Crippen LogP contribution in [-0.4, -0.2) is 48.4 Å². The average Bonchev–Trinajstić information content (AvgIpc) is 2.22. The van der Waals surface area contributed by atoms with Crippen LogP contribution in [0.4, 0.5) is 9.18 Å². The smallest absolute Gasteiger partial charge is 0.410 e. The summed E-state index contributed by atoms with van der Waals surface area (Å²) in [6, 6.07) is -0.778. The Bertz CT molecular complexity index is 423. The minimum absolute atomic E-state index is 0.312. The van der Waals surface area contributed by atoms with Crippen molar-refractivity contribution in [1.29, 1.82) is 0 Å². The number of methoxy groups -OCH3 is 1. The van der Waals surface area contributed by atoms with E-state index in [0.717, 1.165) is 0 Å². The molecule has 2 bridgehead atoms. The molecule has 0 aliphatic heterocycles. The summed E-state index contributed by atoms with van der Waals surface area (Å²) in [4.78, 5) is 25.4. The Morgan fingerprint density at radius 1 is 1.25 bits per heavy atom. The van der Waals surface area contributed by atoms with Crippen molar-refractivity contribution in [2.24, 2.45) is 5.41 Å². The van der Waals surface area contributed by atoms with Crippen LogP contribution in [0.15, 0.2) is 0 Å². The summed E-state index contributed by atoms with van der Waals surface area (Å²) in [6.07, 6.45) is 0.345. The maximum Gasteiger partial charge on any atom is 0.410 e. The normalized spacial score (nSPS) is 32.5. The number of alkyl halides is 1. The molecule has 1 atom stereocenters. The molecule has 114 valence electrons. The van der Waals surface area contributed by atoms with Gasteiger partial charge in [-0.15, -0.1) is 0 Å². The number of esters is 1. The number of amides is 1. The van der Waals surface area contributed by atoms with Gasteiger partial charge in [0.1, 0.15) is 17.3 Å². The predicted molar refractivity (Wildman–Crippen MR) is 69.9 cm³/mol. The van der Waals surface area contributed by atoms with Crippen molar-refractivity contribution in [3.63, 3.8) is 0 Å². The first-order valence-electron chi connectivity index (χ1n) is 6.75. The summed E-state index contributed by atoms with van der Waals surface area (Å²) in [5.41, 5.74) is -2.26. The van der Waals surface area contributed by atoms with Gasteiger partial charge in [0.15, 0.2) is 0 Å². The van der Waals surface area contributed by atoms with E-state index in [9.17, 15) is 14.0 Å². The molecule has 3 aliphatic carbocycles. The zero-order valence-electron chi connectivity index (χ0n) is 12.7. The second-order valence-electron chi connectivity index (χ2n) is 7.06. The summed E-state index contributed by atoms with van der Waals surface area (Å²) in [5.74, 6) is -0.514. The second-order valence-corrected chi connectivity index (χ2v) is 7.06. The summed E-state index contributed by atoms with van der Waals surface area (Å²) >= 11 is 0. The molecular formula is C14H22FNO4. The molecule has 3 aliphatic rings. The van der Waals surface area contributed by atoms with E-state index in [-0.39, 0.29) is 0 Å². The van der Waals surface area contributed by atoms with Crippen molar-refractivity contribution in [2.45, 2.75) is 57.3 Å². The van der Waals surface area contributed by atoms with Gasteiger partial charge in [-0.1, -0.05) is 0 Å². The highest BCUT2D eigenvalue weighted by molar-refractivity contribution is 5.83. The number of nitrogens with zero attached hydrogens (tertiary/aromatic N) is 1. The summed E-state index contributed by atoms with van der Waals surface area (Å²) < 4.78 is 23.7. The Kier molecular flexibility index (Phi) is 3.26. The topological polar surface area (TPSA) is 55.8 Å². The van der Waals surface area contributed by atoms with Gasteiger partial charge in [-0.25, -0.2) is 14.0 Å². The van der Waals surface area contributed by atoms with E-state index in [2.05, 4.69) is 0 Å². The van der Waals surface area contributed by atoms with Crippen LogP contribution in [0.5, 0.6) is 0 Å².